The number of methoxy groups -OCH3 is 6. The third kappa shape index (κ3) is 4.14. The molecule has 0 unspecified atom stereocenters. The summed E-state index contributed by atoms with van der Waals surface area (Å²) < 4.78 is 41.1. The molecule has 182 valence electrons. The van der Waals surface area contributed by atoms with E-state index in [1.807, 2.05) is 19.1 Å². The molecule has 0 bridgehead atoms. The molecule has 0 aromatic heterocycles. The van der Waals surface area contributed by atoms with Gasteiger partial charge < -0.3 is 33.2 Å². The van der Waals surface area contributed by atoms with Crippen LogP contribution in [0.4, 0.5) is 0 Å². The normalized spacial score (nSPS) is 19.5. The highest BCUT2D eigenvalue weighted by atomic mass is 16.5. The van der Waals surface area contributed by atoms with Gasteiger partial charge in [-0.25, -0.2) is 0 Å². The maximum Gasteiger partial charge on any atom is 0.203 e. The van der Waals surface area contributed by atoms with E-state index in [-0.39, 0.29) is 12.0 Å². The fourth-order valence-electron chi connectivity index (χ4n) is 4.83. The van der Waals surface area contributed by atoms with E-state index in [2.05, 4.69) is 13.8 Å². The lowest BCUT2D eigenvalue weighted by Crippen LogP contribution is -2.25. The zero-order valence-electron chi connectivity index (χ0n) is 21.2. The van der Waals surface area contributed by atoms with Crippen molar-refractivity contribution in [3.8, 4) is 45.6 Å². The molecule has 1 aliphatic carbocycles. The van der Waals surface area contributed by atoms with Crippen LogP contribution in [0.15, 0.2) is 12.1 Å². The van der Waals surface area contributed by atoms with E-state index in [0.717, 1.165) is 28.7 Å². The monoisotopic (exact) mass is 460 g/mol. The predicted octanol–water partition coefficient (Wildman–Crippen LogP) is 5.31. The highest BCUT2D eigenvalue weighted by Gasteiger charge is 2.37. The van der Waals surface area contributed by atoms with Crippen LogP contribution in [-0.4, -0.2) is 49.3 Å². The Kier molecular flexibility index (Phi) is 7.84. The van der Waals surface area contributed by atoms with E-state index in [0.29, 0.717) is 47.0 Å². The van der Waals surface area contributed by atoms with Crippen LogP contribution >= 0.6 is 0 Å². The Bertz CT molecular complexity index is 986. The first-order valence-corrected chi connectivity index (χ1v) is 11.2. The maximum absolute atomic E-state index is 6.34. The molecule has 2 aromatic carbocycles. The second-order valence-electron chi connectivity index (χ2n) is 8.21. The molecule has 0 radical (unpaired) electrons. The minimum atomic E-state index is -0.181. The van der Waals surface area contributed by atoms with Crippen molar-refractivity contribution in [3.63, 3.8) is 0 Å². The zero-order chi connectivity index (χ0) is 24.3. The Morgan fingerprint density at radius 1 is 0.697 bits per heavy atom. The molecule has 0 spiro atoms. The minimum absolute atomic E-state index is 0.181. The molecule has 0 saturated carbocycles. The van der Waals surface area contributed by atoms with Crippen molar-refractivity contribution in [2.45, 2.75) is 33.3 Å². The van der Waals surface area contributed by atoms with Gasteiger partial charge in [0, 0.05) is 17.7 Å². The van der Waals surface area contributed by atoms with Crippen LogP contribution in [0.1, 0.15) is 38.0 Å². The smallest absolute Gasteiger partial charge is 0.203 e. The van der Waals surface area contributed by atoms with E-state index in [1.165, 1.54) is 0 Å². The van der Waals surface area contributed by atoms with Crippen molar-refractivity contribution in [1.82, 2.24) is 0 Å². The lowest BCUT2D eigenvalue weighted by atomic mass is 9.76. The summed E-state index contributed by atoms with van der Waals surface area (Å²) in [5.74, 6) is 3.92. The largest absolute Gasteiger partial charge is 0.493 e. The van der Waals surface area contributed by atoms with Gasteiger partial charge in [-0.1, -0.05) is 13.8 Å². The lowest BCUT2D eigenvalue weighted by molar-refractivity contribution is 0.00611. The zero-order valence-corrected chi connectivity index (χ0v) is 21.2. The molecule has 2 aromatic rings. The summed E-state index contributed by atoms with van der Waals surface area (Å²) in [4.78, 5) is 0. The molecule has 0 aliphatic heterocycles. The lowest BCUT2D eigenvalue weighted by Gasteiger charge is -2.35. The maximum atomic E-state index is 6.34. The van der Waals surface area contributed by atoms with Gasteiger partial charge in [0.2, 0.25) is 11.5 Å². The van der Waals surface area contributed by atoms with E-state index >= 15 is 0 Å². The second kappa shape index (κ2) is 10.4. The molecule has 0 saturated heterocycles. The van der Waals surface area contributed by atoms with Crippen LogP contribution in [0.25, 0.3) is 11.1 Å². The number of rotatable bonds is 8. The third-order valence-electron chi connectivity index (χ3n) is 6.59. The van der Waals surface area contributed by atoms with E-state index in [9.17, 15) is 0 Å². The van der Waals surface area contributed by atoms with Gasteiger partial charge in [-0.2, -0.15) is 0 Å². The van der Waals surface area contributed by atoms with Crippen molar-refractivity contribution in [1.29, 1.82) is 0 Å². The fourth-order valence-corrected chi connectivity index (χ4v) is 4.83. The van der Waals surface area contributed by atoms with Crippen LogP contribution in [-0.2, 0) is 11.2 Å². The van der Waals surface area contributed by atoms with Crippen molar-refractivity contribution in [2.24, 2.45) is 11.8 Å². The van der Waals surface area contributed by atoms with E-state index in [4.69, 9.17) is 33.2 Å². The van der Waals surface area contributed by atoms with Gasteiger partial charge >= 0.3 is 0 Å². The number of ether oxygens (including phenoxy) is 7. The van der Waals surface area contributed by atoms with E-state index in [1.54, 1.807) is 42.7 Å². The van der Waals surface area contributed by atoms with Gasteiger partial charge in [0.25, 0.3) is 0 Å². The molecule has 3 rings (SSSR count). The molecule has 7 heteroatoms. The number of fused-ring (bicyclic) bond motifs is 3. The summed E-state index contributed by atoms with van der Waals surface area (Å²) >= 11 is 0. The van der Waals surface area contributed by atoms with Crippen LogP contribution in [0.2, 0.25) is 0 Å². The first kappa shape index (κ1) is 24.8. The molecule has 33 heavy (non-hydrogen) atoms. The Morgan fingerprint density at radius 3 is 1.70 bits per heavy atom. The standard InChI is InChI=1S/C26H36O7/c1-10-33-22-15(3)14(2)11-16-12-18(27-4)23(29-6)25(31-8)20(16)21-17(22)13-19(28-5)24(30-7)26(21)32-9/h12-15,22H,10-11H2,1-9H3/t14-,15-,22+/m0/s1. The minimum Gasteiger partial charge on any atom is -0.493 e. The summed E-state index contributed by atoms with van der Waals surface area (Å²) in [6, 6.07) is 4.02. The van der Waals surface area contributed by atoms with Gasteiger partial charge in [0.1, 0.15) is 0 Å². The fraction of sp³-hybridized carbons (Fsp3) is 0.538. The number of benzene rings is 2. The van der Waals surface area contributed by atoms with Gasteiger partial charge in [0.05, 0.1) is 48.8 Å². The molecule has 1 aliphatic rings. The highest BCUT2D eigenvalue weighted by molar-refractivity contribution is 5.88. The molecule has 0 N–H and O–H groups in total. The summed E-state index contributed by atoms with van der Waals surface area (Å²) in [6.45, 7) is 7.05. The van der Waals surface area contributed by atoms with Crippen molar-refractivity contribution < 1.29 is 33.2 Å². The Morgan fingerprint density at radius 2 is 1.21 bits per heavy atom. The van der Waals surface area contributed by atoms with Crippen LogP contribution in [0.5, 0.6) is 34.5 Å². The summed E-state index contributed by atoms with van der Waals surface area (Å²) in [5.41, 5.74) is 3.76. The van der Waals surface area contributed by atoms with Gasteiger partial charge in [-0.3, -0.25) is 0 Å². The summed E-state index contributed by atoms with van der Waals surface area (Å²) in [6.07, 6.45) is 0.618. The van der Waals surface area contributed by atoms with Crippen molar-refractivity contribution >= 4 is 0 Å². The summed E-state index contributed by atoms with van der Waals surface area (Å²) in [5, 5.41) is 0. The average Bonchev–Trinajstić information content (AvgIpc) is 2.83. The molecule has 0 heterocycles. The molecule has 3 atom stereocenters. The van der Waals surface area contributed by atoms with Gasteiger partial charge in [-0.05, 0) is 48.4 Å². The van der Waals surface area contributed by atoms with Crippen LogP contribution < -0.4 is 28.4 Å². The topological polar surface area (TPSA) is 64.6 Å². The number of hydrogen-bond acceptors (Lipinski definition) is 7. The second-order valence-corrected chi connectivity index (χ2v) is 8.21. The Balaban J connectivity index is 2.57. The first-order chi connectivity index (χ1) is 15.9. The molecule has 7 nitrogen and oxygen atoms in total. The average molecular weight is 461 g/mol. The molecular weight excluding hydrogens is 424 g/mol. The summed E-state index contributed by atoms with van der Waals surface area (Å²) in [7, 11) is 9.73. The van der Waals surface area contributed by atoms with Crippen molar-refractivity contribution in [3.05, 3.63) is 23.3 Å². The predicted molar refractivity (Wildman–Crippen MR) is 128 cm³/mol. The van der Waals surface area contributed by atoms with Gasteiger partial charge in [0.15, 0.2) is 23.0 Å². The first-order valence-electron chi connectivity index (χ1n) is 11.2. The molecule has 0 fully saturated rings. The Hall–Kier alpha value is -2.80. The van der Waals surface area contributed by atoms with E-state index < -0.39 is 0 Å². The highest BCUT2D eigenvalue weighted by Crippen LogP contribution is 2.57. The SMILES string of the molecule is CCO[C@H]1c2cc(OC)c(OC)c(OC)c2-c2c(cc(OC)c(OC)c2OC)C[C@H](C)[C@@H]1C. The quantitative estimate of drug-likeness (QED) is 0.529. The van der Waals surface area contributed by atoms with Crippen LogP contribution in [0, 0.1) is 11.8 Å². The Labute approximate surface area is 196 Å². The third-order valence-corrected chi connectivity index (χ3v) is 6.59. The molecule has 0 amide bonds. The number of hydrogen-bond donors (Lipinski definition) is 0. The van der Waals surface area contributed by atoms with Gasteiger partial charge in [-0.15, -0.1) is 0 Å². The molecular formula is C26H36O7. The van der Waals surface area contributed by atoms with Crippen molar-refractivity contribution in [2.75, 3.05) is 49.3 Å². The van der Waals surface area contributed by atoms with Crippen LogP contribution in [0.3, 0.4) is 0 Å².